The summed E-state index contributed by atoms with van der Waals surface area (Å²) in [5.74, 6) is 0.262. The Morgan fingerprint density at radius 3 is 2.94 bits per heavy atom. The first-order valence-electron chi connectivity index (χ1n) is 5.86. The number of aliphatic hydroxyl groups is 1. The first kappa shape index (κ1) is 13.4. The van der Waals surface area contributed by atoms with E-state index in [9.17, 15) is 5.11 Å². The van der Waals surface area contributed by atoms with E-state index in [4.69, 9.17) is 9.94 Å². The molecule has 1 heterocycles. The molecule has 0 bridgehead atoms. The van der Waals surface area contributed by atoms with Gasteiger partial charge in [-0.25, -0.2) is 0 Å². The summed E-state index contributed by atoms with van der Waals surface area (Å²) in [5.41, 5.74) is 0.857. The van der Waals surface area contributed by atoms with Crippen molar-refractivity contribution in [3.63, 3.8) is 0 Å². The van der Waals surface area contributed by atoms with Gasteiger partial charge in [0, 0.05) is 38.6 Å². The molecule has 1 aliphatic heterocycles. The highest BCUT2D eigenvalue weighted by Crippen LogP contribution is 2.13. The topological polar surface area (TPSA) is 65.3 Å². The monoisotopic (exact) mass is 230 g/mol. The maximum Gasteiger partial charge on any atom is 0.0900 e. The molecule has 2 N–H and O–H groups in total. The fourth-order valence-electron chi connectivity index (χ4n) is 2.02. The molecule has 0 radical (unpaired) electrons. The smallest absolute Gasteiger partial charge is 0.0900 e. The minimum atomic E-state index is -0.431. The Balaban J connectivity index is 2.29. The summed E-state index contributed by atoms with van der Waals surface area (Å²) < 4.78 is 5.17. The van der Waals surface area contributed by atoms with Gasteiger partial charge in [0.05, 0.1) is 18.4 Å². The van der Waals surface area contributed by atoms with Crippen molar-refractivity contribution in [1.29, 1.82) is 0 Å². The fraction of sp³-hybridized carbons (Fsp3) is 0.909. The second-order valence-corrected chi connectivity index (χ2v) is 4.32. The average molecular weight is 230 g/mol. The molecular weight excluding hydrogens is 208 g/mol. The number of hydrogen-bond acceptors (Lipinski definition) is 5. The number of aliphatic hydroxyl groups excluding tert-OH is 1. The third kappa shape index (κ3) is 4.08. The number of oxime groups is 1. The van der Waals surface area contributed by atoms with Crippen LogP contribution in [0.25, 0.3) is 0 Å². The molecule has 1 rings (SSSR count). The van der Waals surface area contributed by atoms with Gasteiger partial charge < -0.3 is 15.1 Å². The number of nitrogens with zero attached hydrogens (tertiary/aromatic N) is 2. The minimum Gasteiger partial charge on any atom is -0.411 e. The molecule has 0 aliphatic carbocycles. The van der Waals surface area contributed by atoms with E-state index in [1.165, 1.54) is 0 Å². The zero-order chi connectivity index (χ0) is 12.0. The van der Waals surface area contributed by atoms with Crippen LogP contribution < -0.4 is 0 Å². The molecule has 1 aliphatic rings. The second-order valence-electron chi connectivity index (χ2n) is 4.32. The van der Waals surface area contributed by atoms with Gasteiger partial charge in [0.15, 0.2) is 0 Å². The Hall–Kier alpha value is -0.650. The Labute approximate surface area is 96.7 Å². The lowest BCUT2D eigenvalue weighted by Gasteiger charge is -2.32. The fourth-order valence-corrected chi connectivity index (χ4v) is 2.02. The molecule has 0 aromatic carbocycles. The van der Waals surface area contributed by atoms with Crippen molar-refractivity contribution in [3.8, 4) is 0 Å². The third-order valence-corrected chi connectivity index (χ3v) is 2.90. The molecule has 0 aromatic heterocycles. The van der Waals surface area contributed by atoms with Crippen molar-refractivity contribution in [2.75, 3.05) is 32.8 Å². The number of piperidine rings is 1. The molecule has 0 saturated carbocycles. The predicted octanol–water partition coefficient (Wildman–Crippen LogP) is 0.556. The number of hydrogen-bond donors (Lipinski definition) is 2. The molecule has 0 aromatic rings. The van der Waals surface area contributed by atoms with Crippen LogP contribution in [0, 0.1) is 5.92 Å². The molecule has 2 atom stereocenters. The highest BCUT2D eigenvalue weighted by molar-refractivity contribution is 5.86. The molecule has 16 heavy (non-hydrogen) atoms. The zero-order valence-electron chi connectivity index (χ0n) is 10.1. The zero-order valence-corrected chi connectivity index (χ0v) is 10.1. The van der Waals surface area contributed by atoms with E-state index in [1.807, 2.05) is 13.8 Å². The summed E-state index contributed by atoms with van der Waals surface area (Å²) in [5, 5.41) is 21.7. The van der Waals surface area contributed by atoms with Crippen molar-refractivity contribution in [2.45, 2.75) is 26.4 Å². The van der Waals surface area contributed by atoms with Gasteiger partial charge in [0.2, 0.25) is 0 Å². The van der Waals surface area contributed by atoms with Gasteiger partial charge in [0.1, 0.15) is 0 Å². The Morgan fingerprint density at radius 1 is 1.62 bits per heavy atom. The minimum absolute atomic E-state index is 0.262. The molecule has 1 fully saturated rings. The maximum atomic E-state index is 9.70. The van der Waals surface area contributed by atoms with Gasteiger partial charge in [-0.3, -0.25) is 4.90 Å². The SMILES string of the molecule is CCOCC(O)CN1CCC(=NO)C(C)C1. The van der Waals surface area contributed by atoms with E-state index in [-0.39, 0.29) is 5.92 Å². The molecule has 5 heteroatoms. The normalized spacial score (nSPS) is 27.2. The second kappa shape index (κ2) is 6.83. The molecule has 0 amide bonds. The van der Waals surface area contributed by atoms with E-state index in [1.54, 1.807) is 0 Å². The summed E-state index contributed by atoms with van der Waals surface area (Å²) >= 11 is 0. The van der Waals surface area contributed by atoms with Crippen molar-refractivity contribution in [1.82, 2.24) is 4.90 Å². The van der Waals surface area contributed by atoms with Crippen molar-refractivity contribution < 1.29 is 15.1 Å². The van der Waals surface area contributed by atoms with Gasteiger partial charge >= 0.3 is 0 Å². The van der Waals surface area contributed by atoms with Crippen molar-refractivity contribution in [2.24, 2.45) is 11.1 Å². The summed E-state index contributed by atoms with van der Waals surface area (Å²) in [4.78, 5) is 2.18. The van der Waals surface area contributed by atoms with Gasteiger partial charge in [-0.2, -0.15) is 0 Å². The number of rotatable bonds is 5. The van der Waals surface area contributed by atoms with Crippen LogP contribution >= 0.6 is 0 Å². The molecule has 5 nitrogen and oxygen atoms in total. The summed E-state index contributed by atoms with van der Waals surface area (Å²) in [6.45, 7) is 7.28. The lowest BCUT2D eigenvalue weighted by Crippen LogP contribution is -2.44. The van der Waals surface area contributed by atoms with Crippen LogP contribution in [0.1, 0.15) is 20.3 Å². The third-order valence-electron chi connectivity index (χ3n) is 2.90. The summed E-state index contributed by atoms with van der Waals surface area (Å²) in [6, 6.07) is 0. The van der Waals surface area contributed by atoms with E-state index in [0.29, 0.717) is 19.8 Å². The molecule has 1 saturated heterocycles. The van der Waals surface area contributed by atoms with Crippen LogP contribution in [0.15, 0.2) is 5.16 Å². The number of likely N-dealkylation sites (tertiary alicyclic amines) is 1. The van der Waals surface area contributed by atoms with Crippen LogP contribution in [-0.4, -0.2) is 59.9 Å². The Kier molecular flexibility index (Phi) is 5.73. The summed E-state index contributed by atoms with van der Waals surface area (Å²) in [6.07, 6.45) is 0.346. The van der Waals surface area contributed by atoms with Crippen LogP contribution in [0.2, 0.25) is 0 Å². The van der Waals surface area contributed by atoms with Gasteiger partial charge in [0.25, 0.3) is 0 Å². The largest absolute Gasteiger partial charge is 0.411 e. The molecule has 0 spiro atoms. The average Bonchev–Trinajstić information content (AvgIpc) is 2.26. The van der Waals surface area contributed by atoms with E-state index >= 15 is 0 Å². The first-order chi connectivity index (χ1) is 7.67. The predicted molar refractivity (Wildman–Crippen MR) is 61.9 cm³/mol. The Morgan fingerprint density at radius 2 is 2.38 bits per heavy atom. The van der Waals surface area contributed by atoms with Crippen LogP contribution in [0.5, 0.6) is 0 Å². The van der Waals surface area contributed by atoms with Crippen LogP contribution in [0.4, 0.5) is 0 Å². The lowest BCUT2D eigenvalue weighted by atomic mass is 9.97. The van der Waals surface area contributed by atoms with Gasteiger partial charge in [-0.15, -0.1) is 0 Å². The maximum absolute atomic E-state index is 9.70. The molecular formula is C11H22N2O3. The highest BCUT2D eigenvalue weighted by atomic mass is 16.5. The Bertz CT molecular complexity index is 233. The molecule has 2 unspecified atom stereocenters. The van der Waals surface area contributed by atoms with Gasteiger partial charge in [-0.05, 0) is 6.92 Å². The lowest BCUT2D eigenvalue weighted by molar-refractivity contribution is 0.0189. The van der Waals surface area contributed by atoms with E-state index in [0.717, 1.165) is 25.2 Å². The molecule has 94 valence electrons. The number of ether oxygens (including phenoxy) is 1. The standard InChI is InChI=1S/C11H22N2O3/c1-3-16-8-10(14)7-13-5-4-11(12-15)9(2)6-13/h9-10,14-15H,3-8H2,1-2H3. The van der Waals surface area contributed by atoms with Crippen molar-refractivity contribution in [3.05, 3.63) is 0 Å². The van der Waals surface area contributed by atoms with Gasteiger partial charge in [-0.1, -0.05) is 12.1 Å². The quantitative estimate of drug-likeness (QED) is 0.535. The van der Waals surface area contributed by atoms with Crippen molar-refractivity contribution >= 4 is 5.71 Å². The number of β-amino-alcohol motifs (C(OH)–C–C–N with tert-alkyl or cyclic N) is 1. The van der Waals surface area contributed by atoms with Crippen LogP contribution in [-0.2, 0) is 4.74 Å². The summed E-state index contributed by atoms with van der Waals surface area (Å²) in [7, 11) is 0. The van der Waals surface area contributed by atoms with E-state index in [2.05, 4.69) is 10.1 Å². The first-order valence-corrected chi connectivity index (χ1v) is 5.86. The highest BCUT2D eigenvalue weighted by Gasteiger charge is 2.23. The van der Waals surface area contributed by atoms with Crippen LogP contribution in [0.3, 0.4) is 0 Å². The van der Waals surface area contributed by atoms with E-state index < -0.39 is 6.10 Å².